The van der Waals surface area contributed by atoms with Crippen molar-refractivity contribution in [2.45, 2.75) is 13.1 Å². The Bertz CT molecular complexity index is 1410. The maximum atomic E-state index is 5.53. The zero-order chi connectivity index (χ0) is 31.1. The zero-order valence-electron chi connectivity index (χ0n) is 26.1. The average molecular weight is 602 g/mol. The van der Waals surface area contributed by atoms with Gasteiger partial charge in [-0.15, -0.1) is 0 Å². The van der Waals surface area contributed by atoms with Gasteiger partial charge in [-0.2, -0.15) is 0 Å². The van der Waals surface area contributed by atoms with Gasteiger partial charge in [0.05, 0.1) is 59.7 Å². The number of benzene rings is 2. The number of ether oxygens (including phenoxy) is 6. The van der Waals surface area contributed by atoms with Crippen LogP contribution in [0.4, 0.5) is 0 Å². The van der Waals surface area contributed by atoms with E-state index in [-0.39, 0.29) is 0 Å². The summed E-state index contributed by atoms with van der Waals surface area (Å²) < 4.78 is 33.0. The summed E-state index contributed by atoms with van der Waals surface area (Å²) in [6.07, 6.45) is 3.46. The molecule has 0 unspecified atom stereocenters. The van der Waals surface area contributed by atoms with Crippen LogP contribution in [-0.2, 0) is 13.1 Å². The van der Waals surface area contributed by atoms with Crippen molar-refractivity contribution in [1.29, 1.82) is 0 Å². The van der Waals surface area contributed by atoms with Gasteiger partial charge in [0.1, 0.15) is 6.33 Å². The fourth-order valence-electron chi connectivity index (χ4n) is 5.42. The predicted molar refractivity (Wildman–Crippen MR) is 167 cm³/mol. The summed E-state index contributed by atoms with van der Waals surface area (Å²) in [6.45, 7) is 5.36. The fraction of sp³-hybridized carbons (Fsp3) is 0.364. The Balaban J connectivity index is 1.22. The molecule has 1 saturated heterocycles. The lowest BCUT2D eigenvalue weighted by molar-refractivity contribution is 0.121. The summed E-state index contributed by atoms with van der Waals surface area (Å²) in [7, 11) is 9.63. The Hall–Kier alpha value is -4.61. The second-order valence-corrected chi connectivity index (χ2v) is 10.3. The normalized spacial score (nSPS) is 13.8. The number of methoxy groups -OCH3 is 6. The van der Waals surface area contributed by atoms with Gasteiger partial charge in [-0.3, -0.25) is 14.8 Å². The van der Waals surface area contributed by atoms with E-state index in [2.05, 4.69) is 36.9 Å². The molecule has 0 radical (unpaired) electrons. The van der Waals surface area contributed by atoms with Gasteiger partial charge in [0.25, 0.3) is 0 Å². The quantitative estimate of drug-likeness (QED) is 0.228. The van der Waals surface area contributed by atoms with Gasteiger partial charge in [0, 0.05) is 56.6 Å². The van der Waals surface area contributed by atoms with E-state index in [0.717, 1.165) is 67.5 Å². The maximum Gasteiger partial charge on any atom is 0.203 e. The molecule has 5 rings (SSSR count). The largest absolute Gasteiger partial charge is 0.493 e. The minimum atomic E-state index is 0.551. The molecule has 0 saturated carbocycles. The molecule has 1 fully saturated rings. The Morgan fingerprint density at radius 3 is 1.50 bits per heavy atom. The highest BCUT2D eigenvalue weighted by Gasteiger charge is 2.20. The Morgan fingerprint density at radius 2 is 1.02 bits per heavy atom. The summed E-state index contributed by atoms with van der Waals surface area (Å²) in [4.78, 5) is 18.6. The monoisotopic (exact) mass is 601 g/mol. The second kappa shape index (κ2) is 14.2. The third-order valence-corrected chi connectivity index (χ3v) is 7.73. The first-order chi connectivity index (χ1) is 21.5. The van der Waals surface area contributed by atoms with Gasteiger partial charge in [-0.1, -0.05) is 0 Å². The SMILES string of the molecule is COc1cc(-c2cc(CN3CCN(Cc4cc(-c5cc(OC)c(OC)c(OC)c5)ncn4)CC3)ccn2)cc(OC)c1OC. The minimum Gasteiger partial charge on any atom is -0.493 e. The van der Waals surface area contributed by atoms with Crippen LogP contribution in [0.2, 0.25) is 0 Å². The summed E-state index contributed by atoms with van der Waals surface area (Å²) in [5.74, 6) is 3.49. The molecule has 0 bridgehead atoms. The lowest BCUT2D eigenvalue weighted by Gasteiger charge is -2.34. The zero-order valence-corrected chi connectivity index (χ0v) is 26.1. The van der Waals surface area contributed by atoms with Gasteiger partial charge in [0.15, 0.2) is 23.0 Å². The smallest absolute Gasteiger partial charge is 0.203 e. The fourth-order valence-corrected chi connectivity index (χ4v) is 5.42. The molecule has 44 heavy (non-hydrogen) atoms. The second-order valence-electron chi connectivity index (χ2n) is 10.3. The van der Waals surface area contributed by atoms with Crippen LogP contribution in [0.5, 0.6) is 34.5 Å². The van der Waals surface area contributed by atoms with Crippen LogP contribution in [0.15, 0.2) is 55.0 Å². The van der Waals surface area contributed by atoms with E-state index in [1.807, 2.05) is 36.5 Å². The van der Waals surface area contributed by atoms with Crippen molar-refractivity contribution in [1.82, 2.24) is 24.8 Å². The number of piperazine rings is 1. The van der Waals surface area contributed by atoms with E-state index >= 15 is 0 Å². The van der Waals surface area contributed by atoms with Crippen molar-refractivity contribution in [3.8, 4) is 57.0 Å². The lowest BCUT2D eigenvalue weighted by Crippen LogP contribution is -2.45. The lowest BCUT2D eigenvalue weighted by atomic mass is 10.1. The molecular formula is C33H39N5O6. The molecule has 11 heteroatoms. The topological polar surface area (TPSA) is 101 Å². The van der Waals surface area contributed by atoms with E-state index < -0.39 is 0 Å². The van der Waals surface area contributed by atoms with Crippen molar-refractivity contribution >= 4 is 0 Å². The number of hydrogen-bond donors (Lipinski definition) is 0. The van der Waals surface area contributed by atoms with Crippen molar-refractivity contribution < 1.29 is 28.4 Å². The van der Waals surface area contributed by atoms with E-state index in [4.69, 9.17) is 28.4 Å². The Morgan fingerprint density at radius 1 is 0.545 bits per heavy atom. The first kappa shape index (κ1) is 30.8. The van der Waals surface area contributed by atoms with Gasteiger partial charge < -0.3 is 28.4 Å². The first-order valence-corrected chi connectivity index (χ1v) is 14.3. The van der Waals surface area contributed by atoms with Gasteiger partial charge in [-0.05, 0) is 48.0 Å². The number of pyridine rings is 1. The number of nitrogens with zero attached hydrogens (tertiary/aromatic N) is 5. The number of aromatic nitrogens is 3. The summed E-state index contributed by atoms with van der Waals surface area (Å²) in [6, 6.07) is 13.9. The molecule has 0 amide bonds. The highest BCUT2D eigenvalue weighted by Crippen LogP contribution is 2.42. The van der Waals surface area contributed by atoms with Crippen molar-refractivity contribution in [3.05, 3.63) is 66.2 Å². The third-order valence-electron chi connectivity index (χ3n) is 7.73. The van der Waals surface area contributed by atoms with E-state index in [1.165, 1.54) is 5.56 Å². The van der Waals surface area contributed by atoms with Crippen molar-refractivity contribution in [2.24, 2.45) is 0 Å². The highest BCUT2D eigenvalue weighted by atomic mass is 16.5. The molecule has 0 aliphatic carbocycles. The summed E-state index contributed by atoms with van der Waals surface area (Å²) in [5.41, 5.74) is 5.59. The van der Waals surface area contributed by atoms with Crippen LogP contribution in [0.1, 0.15) is 11.3 Å². The molecule has 232 valence electrons. The molecule has 2 aromatic heterocycles. The van der Waals surface area contributed by atoms with Gasteiger partial charge in [-0.25, -0.2) is 9.97 Å². The molecule has 3 heterocycles. The van der Waals surface area contributed by atoms with Crippen LogP contribution in [0, 0.1) is 0 Å². The predicted octanol–water partition coefficient (Wildman–Crippen LogP) is 4.58. The van der Waals surface area contributed by atoms with E-state index in [0.29, 0.717) is 34.5 Å². The molecule has 0 N–H and O–H groups in total. The van der Waals surface area contributed by atoms with Crippen LogP contribution in [-0.4, -0.2) is 93.6 Å². The minimum absolute atomic E-state index is 0.551. The van der Waals surface area contributed by atoms with Crippen LogP contribution in [0.25, 0.3) is 22.5 Å². The summed E-state index contributed by atoms with van der Waals surface area (Å²) >= 11 is 0. The van der Waals surface area contributed by atoms with Crippen molar-refractivity contribution in [3.63, 3.8) is 0 Å². The molecular weight excluding hydrogens is 562 g/mol. The maximum absolute atomic E-state index is 5.53. The molecule has 11 nitrogen and oxygen atoms in total. The number of rotatable bonds is 12. The van der Waals surface area contributed by atoms with Gasteiger partial charge in [0.2, 0.25) is 11.5 Å². The van der Waals surface area contributed by atoms with E-state index in [1.54, 1.807) is 49.0 Å². The van der Waals surface area contributed by atoms with Crippen LogP contribution >= 0.6 is 0 Å². The standard InChI is InChI=1S/C33H39N5O6/c1-39-28-14-23(15-29(40-2)32(28)43-5)26-13-22(7-8-34-26)19-37-9-11-38(12-10-37)20-25-18-27(36-21-35-25)24-16-30(41-3)33(44-6)31(17-24)42-4/h7-8,13-18,21H,9-12,19-20H2,1-6H3. The molecule has 1 aliphatic heterocycles. The van der Waals surface area contributed by atoms with Crippen molar-refractivity contribution in [2.75, 3.05) is 68.8 Å². The number of hydrogen-bond acceptors (Lipinski definition) is 11. The van der Waals surface area contributed by atoms with E-state index in [9.17, 15) is 0 Å². The third kappa shape index (κ3) is 6.79. The van der Waals surface area contributed by atoms with Crippen LogP contribution < -0.4 is 28.4 Å². The highest BCUT2D eigenvalue weighted by molar-refractivity contribution is 5.70. The Labute approximate surface area is 258 Å². The molecule has 2 aromatic carbocycles. The van der Waals surface area contributed by atoms with Gasteiger partial charge >= 0.3 is 0 Å². The molecule has 4 aromatic rings. The average Bonchev–Trinajstić information content (AvgIpc) is 3.07. The molecule has 0 atom stereocenters. The first-order valence-electron chi connectivity index (χ1n) is 14.3. The molecule has 0 spiro atoms. The molecule has 1 aliphatic rings. The van der Waals surface area contributed by atoms with Crippen LogP contribution in [0.3, 0.4) is 0 Å². The Kier molecular flexibility index (Phi) is 9.98. The summed E-state index contributed by atoms with van der Waals surface area (Å²) in [5, 5.41) is 0.